The molecule has 0 radical (unpaired) electrons. The number of halogens is 2. The SMILES string of the molecule is CCOC(=O)C(Cc1ccc(-n2cccc2)cc1)(NC(C)=O)C(=O)OCC.CCOC(=O)C(Cc1ccc(N)cc1)(NC(C)=O)C(=O)OCC.CCOC(=O)C(Cc1ccc(N2CCCC2)cc1)(NC(C)=O)C(=O)OCC.Cl.Cl.NC(Cc1ccc(N2CCCC2)cc1)C(=O)O. The second-order valence-corrected chi connectivity index (χ2v) is 22.0. The lowest BCUT2D eigenvalue weighted by atomic mass is 9.90. The predicted molar refractivity (Wildman–Crippen MR) is 367 cm³/mol. The summed E-state index contributed by atoms with van der Waals surface area (Å²) in [6.07, 6.45) is 8.87. The molecule has 3 heterocycles. The number of carbonyl (C=O) groups excluding carboxylic acids is 9. The molecule has 5 aromatic rings. The van der Waals surface area contributed by atoms with Crippen molar-refractivity contribution in [2.75, 3.05) is 81.4 Å². The van der Waals surface area contributed by atoms with Crippen LogP contribution >= 0.6 is 24.8 Å². The summed E-state index contributed by atoms with van der Waals surface area (Å²) in [6.45, 7) is 18.3. The van der Waals surface area contributed by atoms with E-state index in [1.165, 1.54) is 52.1 Å². The Morgan fingerprint density at radius 3 is 0.927 bits per heavy atom. The van der Waals surface area contributed by atoms with Gasteiger partial charge in [-0.3, -0.25) is 19.2 Å². The van der Waals surface area contributed by atoms with Crippen LogP contribution < -0.4 is 37.2 Å². The van der Waals surface area contributed by atoms with Crippen LogP contribution in [0.3, 0.4) is 0 Å². The number of nitrogens with two attached hydrogens (primary N) is 2. The Labute approximate surface area is 573 Å². The van der Waals surface area contributed by atoms with Crippen molar-refractivity contribution in [2.24, 2.45) is 5.73 Å². The number of hydrogen-bond acceptors (Lipinski definition) is 20. The van der Waals surface area contributed by atoms with Crippen molar-refractivity contribution in [3.8, 4) is 5.69 Å². The topological polar surface area (TPSA) is 346 Å². The molecule has 2 aliphatic heterocycles. The van der Waals surface area contributed by atoms with Crippen LogP contribution in [0.25, 0.3) is 5.69 Å². The number of ether oxygens (including phenoxy) is 6. The van der Waals surface area contributed by atoms with Gasteiger partial charge in [-0.2, -0.15) is 0 Å². The molecule has 0 spiro atoms. The maximum Gasteiger partial charge on any atom is 0.344 e. The third kappa shape index (κ3) is 24.5. The molecule has 526 valence electrons. The number of esters is 6. The summed E-state index contributed by atoms with van der Waals surface area (Å²) in [4.78, 5) is 126. The number of rotatable bonds is 27. The monoisotopic (exact) mass is 1380 g/mol. The molecule has 0 bridgehead atoms. The number of carboxylic acids is 1. The minimum Gasteiger partial charge on any atom is -0.480 e. The Bertz CT molecular complexity index is 3210. The molecule has 27 heteroatoms. The summed E-state index contributed by atoms with van der Waals surface area (Å²) in [5.41, 5.74) is 12.2. The Morgan fingerprint density at radius 2 is 0.677 bits per heavy atom. The summed E-state index contributed by atoms with van der Waals surface area (Å²) in [6, 6.07) is 32.7. The quantitative estimate of drug-likeness (QED) is 0.0137. The molecule has 4 aromatic carbocycles. The molecule has 8 N–H and O–H groups in total. The Balaban J connectivity index is 0.000000438. The zero-order valence-corrected chi connectivity index (χ0v) is 57.8. The number of amides is 3. The summed E-state index contributed by atoms with van der Waals surface area (Å²) < 4.78 is 32.2. The van der Waals surface area contributed by atoms with Crippen LogP contribution in [0.4, 0.5) is 17.1 Å². The van der Waals surface area contributed by atoms with Gasteiger partial charge >= 0.3 is 41.8 Å². The van der Waals surface area contributed by atoms with E-state index in [4.69, 9.17) is 45.0 Å². The number of carbonyl (C=O) groups is 10. The minimum atomic E-state index is -1.92. The molecule has 2 saturated heterocycles. The summed E-state index contributed by atoms with van der Waals surface area (Å²) >= 11 is 0. The minimum absolute atomic E-state index is 0. The van der Waals surface area contributed by atoms with E-state index >= 15 is 0 Å². The van der Waals surface area contributed by atoms with Crippen molar-refractivity contribution in [3.63, 3.8) is 0 Å². The Kier molecular flexibility index (Phi) is 35.9. The molecule has 7 rings (SSSR count). The first-order valence-electron chi connectivity index (χ1n) is 31.5. The number of aliphatic carboxylic acids is 1. The zero-order chi connectivity index (χ0) is 69.4. The van der Waals surface area contributed by atoms with Gasteiger partial charge in [0.1, 0.15) is 6.04 Å². The standard InChI is InChI=1S/C20H28N2O5.C20H24N2O5.C16H22N2O5.C13H18N2O2.2ClH/c2*1-4-26-18(24)20(21-15(3)23,19(25)27-5-2)14-16-8-10-17(11-9-16)22-12-6-7-13-22;1-4-22-14(20)16(18-11(3)19,15(21)23-5-2)10-12-6-8-13(17)9-7-12;14-12(13(16)17)9-10-3-5-11(6-4-10)15-7-1-2-8-15;;/h8-11H,4-7,12-14H2,1-3H3,(H,21,23);6-13H,4-5,14H2,1-3H3,(H,21,23);6-9H,4-5,10,17H2,1-3H3,(H,18,19);3-6,12H,1-2,7-9,14H2,(H,16,17);2*1H. The fraction of sp³-hybridized carbons (Fsp3) is 0.449. The molecule has 2 aliphatic rings. The molecule has 1 atom stereocenters. The number of aromatic nitrogens is 1. The highest BCUT2D eigenvalue weighted by Gasteiger charge is 2.52. The number of nitrogens with zero attached hydrogens (tertiary/aromatic N) is 3. The van der Waals surface area contributed by atoms with Gasteiger partial charge in [0.25, 0.3) is 0 Å². The first kappa shape index (κ1) is 82.9. The lowest BCUT2D eigenvalue weighted by molar-refractivity contribution is -0.169. The second kappa shape index (κ2) is 41.6. The van der Waals surface area contributed by atoms with Crippen LogP contribution in [-0.4, -0.2) is 158 Å². The lowest BCUT2D eigenvalue weighted by Gasteiger charge is -2.30. The van der Waals surface area contributed by atoms with Gasteiger partial charge in [0.15, 0.2) is 0 Å². The van der Waals surface area contributed by atoms with Gasteiger partial charge in [0, 0.05) is 101 Å². The highest BCUT2D eigenvalue weighted by molar-refractivity contribution is 6.09. The first-order valence-corrected chi connectivity index (χ1v) is 31.5. The van der Waals surface area contributed by atoms with Crippen LogP contribution in [0.1, 0.15) is 110 Å². The van der Waals surface area contributed by atoms with Gasteiger partial charge in [-0.1, -0.05) is 48.5 Å². The van der Waals surface area contributed by atoms with Crippen molar-refractivity contribution < 1.29 is 81.5 Å². The molecular weight excluding hydrogens is 1280 g/mol. The molecule has 0 saturated carbocycles. The van der Waals surface area contributed by atoms with E-state index in [1.54, 1.807) is 77.9 Å². The molecular formula is C69H94Cl2N8O17. The smallest absolute Gasteiger partial charge is 0.344 e. The highest BCUT2D eigenvalue weighted by atomic mass is 35.5. The van der Waals surface area contributed by atoms with E-state index in [-0.39, 0.29) is 83.7 Å². The van der Waals surface area contributed by atoms with Crippen molar-refractivity contribution >= 4 is 101 Å². The third-order valence-corrected chi connectivity index (χ3v) is 14.7. The van der Waals surface area contributed by atoms with Gasteiger partial charge in [0.2, 0.25) is 34.3 Å². The van der Waals surface area contributed by atoms with Crippen molar-refractivity contribution in [3.05, 3.63) is 144 Å². The van der Waals surface area contributed by atoms with Crippen molar-refractivity contribution in [1.82, 2.24) is 20.5 Å². The maximum absolute atomic E-state index is 12.7. The van der Waals surface area contributed by atoms with Crippen molar-refractivity contribution in [2.45, 2.75) is 136 Å². The van der Waals surface area contributed by atoms with Crippen molar-refractivity contribution in [1.29, 1.82) is 0 Å². The van der Waals surface area contributed by atoms with Crippen LogP contribution in [-0.2, 0) is 102 Å². The van der Waals surface area contributed by atoms with E-state index in [0.717, 1.165) is 48.7 Å². The third-order valence-electron chi connectivity index (χ3n) is 14.7. The summed E-state index contributed by atoms with van der Waals surface area (Å²) in [7, 11) is 0. The van der Waals surface area contributed by atoms with Gasteiger partial charge in [0.05, 0.1) is 39.6 Å². The number of anilines is 3. The Hall–Kier alpha value is -9.20. The van der Waals surface area contributed by atoms with E-state index in [1.807, 2.05) is 77.6 Å². The van der Waals surface area contributed by atoms with E-state index in [9.17, 15) is 47.9 Å². The maximum atomic E-state index is 12.7. The number of benzene rings is 4. The highest BCUT2D eigenvalue weighted by Crippen LogP contribution is 2.26. The van der Waals surface area contributed by atoms with Crippen LogP contribution in [0.2, 0.25) is 0 Å². The van der Waals surface area contributed by atoms with Crippen LogP contribution in [0.15, 0.2) is 122 Å². The zero-order valence-electron chi connectivity index (χ0n) is 56.1. The van der Waals surface area contributed by atoms with Gasteiger partial charge < -0.3 is 75.3 Å². The van der Waals surface area contributed by atoms with Gasteiger partial charge in [-0.25, -0.2) is 28.8 Å². The van der Waals surface area contributed by atoms with E-state index in [0.29, 0.717) is 23.2 Å². The molecule has 96 heavy (non-hydrogen) atoms. The Morgan fingerprint density at radius 1 is 0.427 bits per heavy atom. The second-order valence-electron chi connectivity index (χ2n) is 22.0. The average Bonchev–Trinajstić information content (AvgIpc) is 0.833. The summed E-state index contributed by atoms with van der Waals surface area (Å²) in [5.74, 6) is -7.55. The number of nitrogens with one attached hydrogen (secondary N) is 3. The lowest BCUT2D eigenvalue weighted by Crippen LogP contribution is -2.62. The van der Waals surface area contributed by atoms with E-state index in [2.05, 4.69) is 37.9 Å². The number of hydrogen-bond donors (Lipinski definition) is 6. The van der Waals surface area contributed by atoms with Gasteiger partial charge in [-0.05, 0) is 157 Å². The van der Waals surface area contributed by atoms with Crippen LogP contribution in [0.5, 0.6) is 0 Å². The number of carboxylic acid groups (broad SMARTS) is 1. The molecule has 2 fully saturated rings. The fourth-order valence-electron chi connectivity index (χ4n) is 10.4. The molecule has 0 aliphatic carbocycles. The normalized spacial score (nSPS) is 12.6. The molecule has 1 aromatic heterocycles. The van der Waals surface area contributed by atoms with Crippen LogP contribution in [0, 0.1) is 0 Å². The molecule has 1 unspecified atom stereocenters. The largest absolute Gasteiger partial charge is 0.480 e. The van der Waals surface area contributed by atoms with E-state index < -0.39 is 82.2 Å². The predicted octanol–water partition coefficient (Wildman–Crippen LogP) is 6.75. The first-order chi connectivity index (χ1) is 44.9. The number of nitrogen functional groups attached to an aromatic ring is 1. The fourth-order valence-corrected chi connectivity index (χ4v) is 10.4. The molecule has 25 nitrogen and oxygen atoms in total. The summed E-state index contributed by atoms with van der Waals surface area (Å²) in [5, 5.41) is 16.1. The van der Waals surface area contributed by atoms with Gasteiger partial charge in [-0.15, -0.1) is 24.8 Å². The average molecular weight is 1380 g/mol. The molecule has 3 amide bonds.